The summed E-state index contributed by atoms with van der Waals surface area (Å²) in [6, 6.07) is 5.19. The Morgan fingerprint density at radius 3 is 2.95 bits per heavy atom. The summed E-state index contributed by atoms with van der Waals surface area (Å²) in [5.41, 5.74) is 9.48. The number of nitrogens with two attached hydrogens (primary N) is 1. The van der Waals surface area contributed by atoms with Gasteiger partial charge < -0.3 is 5.73 Å². The molecule has 3 nitrogen and oxygen atoms in total. The number of benzene rings is 1. The highest BCUT2D eigenvalue weighted by molar-refractivity contribution is 5.45. The second-order valence-corrected chi connectivity index (χ2v) is 5.00. The van der Waals surface area contributed by atoms with E-state index in [0.29, 0.717) is 18.7 Å². The van der Waals surface area contributed by atoms with Crippen molar-refractivity contribution >= 4 is 0 Å². The fraction of sp³-hybridized carbons (Fsp3) is 0.400. The second-order valence-electron chi connectivity index (χ2n) is 5.00. The van der Waals surface area contributed by atoms with Crippen LogP contribution in [0, 0.1) is 5.82 Å². The predicted molar refractivity (Wildman–Crippen MR) is 72.9 cm³/mol. The van der Waals surface area contributed by atoms with E-state index in [4.69, 9.17) is 5.73 Å². The SMILES string of the molecule is NCCc1cccc(F)c1-n1cnc2c1CCCC2. The zero-order valence-corrected chi connectivity index (χ0v) is 10.9. The first-order valence-electron chi connectivity index (χ1n) is 6.84. The van der Waals surface area contributed by atoms with E-state index >= 15 is 0 Å². The van der Waals surface area contributed by atoms with Crippen molar-refractivity contribution in [1.82, 2.24) is 9.55 Å². The lowest BCUT2D eigenvalue weighted by molar-refractivity contribution is 0.605. The van der Waals surface area contributed by atoms with Gasteiger partial charge in [-0.2, -0.15) is 0 Å². The number of hydrogen-bond donors (Lipinski definition) is 1. The van der Waals surface area contributed by atoms with Crippen molar-refractivity contribution < 1.29 is 4.39 Å². The minimum absolute atomic E-state index is 0.197. The highest BCUT2D eigenvalue weighted by Crippen LogP contribution is 2.26. The van der Waals surface area contributed by atoms with Crippen LogP contribution in [0.2, 0.25) is 0 Å². The molecule has 2 aromatic rings. The molecule has 0 unspecified atom stereocenters. The van der Waals surface area contributed by atoms with Gasteiger partial charge in [-0.25, -0.2) is 9.37 Å². The molecule has 0 saturated heterocycles. The number of rotatable bonds is 3. The Morgan fingerprint density at radius 1 is 1.26 bits per heavy atom. The molecule has 100 valence electrons. The van der Waals surface area contributed by atoms with Crippen LogP contribution in [-0.4, -0.2) is 16.1 Å². The van der Waals surface area contributed by atoms with Gasteiger partial charge in [-0.05, 0) is 50.3 Å². The molecule has 19 heavy (non-hydrogen) atoms. The largest absolute Gasteiger partial charge is 0.330 e. The summed E-state index contributed by atoms with van der Waals surface area (Å²) < 4.78 is 16.1. The van der Waals surface area contributed by atoms with Crippen LogP contribution >= 0.6 is 0 Å². The number of hydrogen-bond acceptors (Lipinski definition) is 2. The first kappa shape index (κ1) is 12.4. The molecular formula is C15H18FN3. The molecule has 1 aromatic carbocycles. The summed E-state index contributed by atoms with van der Waals surface area (Å²) in [5.74, 6) is -0.197. The quantitative estimate of drug-likeness (QED) is 0.919. The summed E-state index contributed by atoms with van der Waals surface area (Å²) in [5, 5.41) is 0. The van der Waals surface area contributed by atoms with Crippen molar-refractivity contribution in [3.05, 3.63) is 47.3 Å². The van der Waals surface area contributed by atoms with Gasteiger partial charge >= 0.3 is 0 Å². The number of imidazole rings is 1. The molecule has 0 fully saturated rings. The number of para-hydroxylation sites is 1. The van der Waals surface area contributed by atoms with E-state index in [1.54, 1.807) is 12.4 Å². The van der Waals surface area contributed by atoms with Crippen LogP contribution in [0.5, 0.6) is 0 Å². The van der Waals surface area contributed by atoms with Crippen molar-refractivity contribution in [2.45, 2.75) is 32.1 Å². The number of halogens is 1. The van der Waals surface area contributed by atoms with Gasteiger partial charge in [0.15, 0.2) is 0 Å². The number of aromatic nitrogens is 2. The van der Waals surface area contributed by atoms with Gasteiger partial charge in [-0.15, -0.1) is 0 Å². The molecule has 0 radical (unpaired) electrons. The standard InChI is InChI=1S/C15H18FN3/c16-12-5-3-4-11(8-9-17)15(12)19-10-18-13-6-1-2-7-14(13)19/h3-5,10H,1-2,6-9,17H2. The van der Waals surface area contributed by atoms with E-state index in [-0.39, 0.29) is 5.82 Å². The third kappa shape index (κ3) is 2.16. The Balaban J connectivity index is 2.13. The number of fused-ring (bicyclic) bond motifs is 1. The normalized spacial score (nSPS) is 14.4. The molecule has 0 atom stereocenters. The predicted octanol–water partition coefficient (Wildman–Crippen LogP) is 2.39. The van der Waals surface area contributed by atoms with Gasteiger partial charge in [0.2, 0.25) is 0 Å². The first-order chi connectivity index (χ1) is 9.31. The molecule has 1 aliphatic rings. The van der Waals surface area contributed by atoms with Crippen molar-refractivity contribution in [3.63, 3.8) is 0 Å². The van der Waals surface area contributed by atoms with Gasteiger partial charge in [-0.1, -0.05) is 12.1 Å². The highest BCUT2D eigenvalue weighted by Gasteiger charge is 2.19. The molecule has 0 saturated carbocycles. The Hall–Kier alpha value is -1.68. The summed E-state index contributed by atoms with van der Waals surface area (Å²) in [6.45, 7) is 0.521. The van der Waals surface area contributed by atoms with Crippen LogP contribution in [0.4, 0.5) is 4.39 Å². The average Bonchev–Trinajstić information content (AvgIpc) is 2.83. The van der Waals surface area contributed by atoms with Crippen molar-refractivity contribution in [1.29, 1.82) is 0 Å². The molecular weight excluding hydrogens is 241 g/mol. The minimum atomic E-state index is -0.197. The summed E-state index contributed by atoms with van der Waals surface area (Å²) >= 11 is 0. The maximum Gasteiger partial charge on any atom is 0.147 e. The van der Waals surface area contributed by atoms with Crippen molar-refractivity contribution in [3.8, 4) is 5.69 Å². The first-order valence-corrected chi connectivity index (χ1v) is 6.84. The second kappa shape index (κ2) is 5.13. The maximum absolute atomic E-state index is 14.2. The fourth-order valence-corrected chi connectivity index (χ4v) is 2.85. The van der Waals surface area contributed by atoms with Crippen molar-refractivity contribution in [2.24, 2.45) is 5.73 Å². The van der Waals surface area contributed by atoms with Gasteiger partial charge in [0.25, 0.3) is 0 Å². The minimum Gasteiger partial charge on any atom is -0.330 e. The number of nitrogens with zero attached hydrogens (tertiary/aromatic N) is 2. The Labute approximate surface area is 112 Å². The smallest absolute Gasteiger partial charge is 0.147 e. The van der Waals surface area contributed by atoms with E-state index in [1.165, 1.54) is 12.5 Å². The molecule has 0 bridgehead atoms. The monoisotopic (exact) mass is 259 g/mol. The summed E-state index contributed by atoms with van der Waals surface area (Å²) in [7, 11) is 0. The van der Waals surface area contributed by atoms with Crippen LogP contribution in [0.1, 0.15) is 29.8 Å². The zero-order chi connectivity index (χ0) is 13.2. The number of aryl methyl sites for hydroxylation is 1. The van der Waals surface area contributed by atoms with Crippen LogP contribution in [0.3, 0.4) is 0 Å². The third-order valence-corrected chi connectivity index (χ3v) is 3.76. The molecule has 1 aromatic heterocycles. The third-order valence-electron chi connectivity index (χ3n) is 3.76. The topological polar surface area (TPSA) is 43.8 Å². The molecule has 0 aliphatic heterocycles. The van der Waals surface area contributed by atoms with Crippen LogP contribution < -0.4 is 5.73 Å². The highest BCUT2D eigenvalue weighted by atomic mass is 19.1. The molecule has 2 N–H and O–H groups in total. The lowest BCUT2D eigenvalue weighted by Crippen LogP contribution is -2.12. The van der Waals surface area contributed by atoms with Gasteiger partial charge in [0.1, 0.15) is 5.82 Å². The van der Waals surface area contributed by atoms with Crippen LogP contribution in [0.15, 0.2) is 24.5 Å². The molecule has 1 heterocycles. The van der Waals surface area contributed by atoms with Gasteiger partial charge in [0, 0.05) is 5.69 Å². The lowest BCUT2D eigenvalue weighted by Gasteiger charge is -2.17. The molecule has 0 amide bonds. The molecule has 1 aliphatic carbocycles. The van der Waals surface area contributed by atoms with E-state index in [1.807, 2.05) is 10.6 Å². The van der Waals surface area contributed by atoms with Crippen molar-refractivity contribution in [2.75, 3.05) is 6.54 Å². The summed E-state index contributed by atoms with van der Waals surface area (Å²) in [6.07, 6.45) is 6.75. The molecule has 4 heteroatoms. The van der Waals surface area contributed by atoms with Crippen LogP contribution in [0.25, 0.3) is 5.69 Å². The Morgan fingerprint density at radius 2 is 2.11 bits per heavy atom. The molecule has 0 spiro atoms. The summed E-state index contributed by atoms with van der Waals surface area (Å²) in [4.78, 5) is 4.44. The van der Waals surface area contributed by atoms with Crippen LogP contribution in [-0.2, 0) is 19.3 Å². The van der Waals surface area contributed by atoms with E-state index < -0.39 is 0 Å². The Kier molecular flexibility index (Phi) is 3.34. The zero-order valence-electron chi connectivity index (χ0n) is 10.9. The maximum atomic E-state index is 14.2. The van der Waals surface area contributed by atoms with E-state index in [0.717, 1.165) is 36.2 Å². The van der Waals surface area contributed by atoms with Gasteiger partial charge in [0.05, 0.1) is 17.7 Å². The lowest BCUT2D eigenvalue weighted by atomic mass is 10.0. The van der Waals surface area contributed by atoms with Gasteiger partial charge in [-0.3, -0.25) is 4.57 Å². The van der Waals surface area contributed by atoms with E-state index in [9.17, 15) is 4.39 Å². The fourth-order valence-electron chi connectivity index (χ4n) is 2.85. The average molecular weight is 259 g/mol. The van der Waals surface area contributed by atoms with E-state index in [2.05, 4.69) is 4.98 Å². The Bertz CT molecular complexity index is 589. The molecule has 3 rings (SSSR count).